The molecule has 31 heavy (non-hydrogen) atoms. The molecule has 3 rings (SSSR count). The van der Waals surface area contributed by atoms with Crippen LogP contribution >= 0.6 is 0 Å². The molecule has 0 saturated carbocycles. The highest BCUT2D eigenvalue weighted by molar-refractivity contribution is 5.92. The van der Waals surface area contributed by atoms with E-state index in [0.29, 0.717) is 23.8 Å². The fourth-order valence-corrected chi connectivity index (χ4v) is 3.38. The molecule has 0 bridgehead atoms. The summed E-state index contributed by atoms with van der Waals surface area (Å²) in [5.41, 5.74) is 4.12. The summed E-state index contributed by atoms with van der Waals surface area (Å²) in [5, 5.41) is 0. The molecule has 1 amide bonds. The van der Waals surface area contributed by atoms with Crippen LogP contribution in [0.25, 0.3) is 17.2 Å². The summed E-state index contributed by atoms with van der Waals surface area (Å²) >= 11 is 0. The van der Waals surface area contributed by atoms with Crippen molar-refractivity contribution in [3.8, 4) is 28.4 Å². The minimum Gasteiger partial charge on any atom is -0.493 e. The Morgan fingerprint density at radius 2 is 1.48 bits per heavy atom. The van der Waals surface area contributed by atoms with Crippen molar-refractivity contribution in [1.82, 2.24) is 4.90 Å². The summed E-state index contributed by atoms with van der Waals surface area (Å²) in [7, 11) is 6.48. The van der Waals surface area contributed by atoms with E-state index in [0.717, 1.165) is 22.3 Å². The monoisotopic (exact) mass is 417 g/mol. The lowest BCUT2D eigenvalue weighted by Crippen LogP contribution is -2.24. The van der Waals surface area contributed by atoms with Gasteiger partial charge in [0.15, 0.2) is 11.5 Å². The van der Waals surface area contributed by atoms with E-state index in [2.05, 4.69) is 24.3 Å². The molecular weight excluding hydrogens is 390 g/mol. The minimum atomic E-state index is -0.100. The van der Waals surface area contributed by atoms with Crippen molar-refractivity contribution in [1.29, 1.82) is 0 Å². The highest BCUT2D eigenvalue weighted by atomic mass is 16.5. The fourth-order valence-electron chi connectivity index (χ4n) is 3.38. The Morgan fingerprint density at radius 3 is 2.10 bits per heavy atom. The highest BCUT2D eigenvalue weighted by Gasteiger charge is 2.13. The van der Waals surface area contributed by atoms with Gasteiger partial charge in [-0.3, -0.25) is 4.79 Å². The maximum absolute atomic E-state index is 12.8. The second kappa shape index (κ2) is 10.3. The summed E-state index contributed by atoms with van der Waals surface area (Å²) in [6.07, 6.45) is 3.29. The summed E-state index contributed by atoms with van der Waals surface area (Å²) in [6.45, 7) is 0.503. The third-order valence-corrected chi connectivity index (χ3v) is 4.99. The average Bonchev–Trinajstić information content (AvgIpc) is 2.82. The van der Waals surface area contributed by atoms with Crippen molar-refractivity contribution in [3.63, 3.8) is 0 Å². The van der Waals surface area contributed by atoms with E-state index in [1.165, 1.54) is 0 Å². The number of benzene rings is 3. The van der Waals surface area contributed by atoms with Gasteiger partial charge < -0.3 is 19.1 Å². The Labute approximate surface area is 183 Å². The van der Waals surface area contributed by atoms with Gasteiger partial charge in [-0.25, -0.2) is 0 Å². The smallest absolute Gasteiger partial charge is 0.246 e. The molecule has 0 heterocycles. The van der Waals surface area contributed by atoms with Crippen LogP contribution in [0.3, 0.4) is 0 Å². The van der Waals surface area contributed by atoms with Crippen LogP contribution in [0, 0.1) is 0 Å². The van der Waals surface area contributed by atoms with Crippen LogP contribution in [-0.4, -0.2) is 39.2 Å². The number of nitrogens with zero attached hydrogens (tertiary/aromatic N) is 1. The number of carbonyl (C=O) groups is 1. The van der Waals surface area contributed by atoms with Crippen molar-refractivity contribution in [2.24, 2.45) is 0 Å². The molecule has 3 aromatic carbocycles. The van der Waals surface area contributed by atoms with Crippen LogP contribution in [0.5, 0.6) is 17.2 Å². The summed E-state index contributed by atoms with van der Waals surface area (Å²) < 4.78 is 16.1. The van der Waals surface area contributed by atoms with E-state index in [1.54, 1.807) is 57.6 Å². The lowest BCUT2D eigenvalue weighted by atomic mass is 9.99. The zero-order chi connectivity index (χ0) is 22.2. The third kappa shape index (κ3) is 5.25. The fraction of sp³-hybridized carbons (Fsp3) is 0.192. The maximum Gasteiger partial charge on any atom is 0.246 e. The van der Waals surface area contributed by atoms with E-state index in [-0.39, 0.29) is 5.91 Å². The molecule has 0 unspecified atom stereocenters. The van der Waals surface area contributed by atoms with Crippen molar-refractivity contribution >= 4 is 12.0 Å². The first-order valence-electron chi connectivity index (χ1n) is 9.94. The SMILES string of the molecule is COc1cc(C=CC(=O)N(C)Cc2ccccc2-c2ccccc2)cc(OC)c1OC. The van der Waals surface area contributed by atoms with Gasteiger partial charge >= 0.3 is 0 Å². The zero-order valence-electron chi connectivity index (χ0n) is 18.3. The molecule has 0 aromatic heterocycles. The Balaban J connectivity index is 1.77. The Bertz CT molecular complexity index is 1040. The number of amides is 1. The van der Waals surface area contributed by atoms with Crippen molar-refractivity contribution in [2.75, 3.05) is 28.4 Å². The van der Waals surface area contributed by atoms with Crippen LogP contribution in [-0.2, 0) is 11.3 Å². The summed E-state index contributed by atoms with van der Waals surface area (Å²) in [5.74, 6) is 1.50. The van der Waals surface area contributed by atoms with Gasteiger partial charge in [0.25, 0.3) is 0 Å². The molecule has 3 aromatic rings. The van der Waals surface area contributed by atoms with Crippen LogP contribution in [0.15, 0.2) is 72.8 Å². The summed E-state index contributed by atoms with van der Waals surface area (Å²) in [6, 6.07) is 21.9. The predicted molar refractivity (Wildman–Crippen MR) is 123 cm³/mol. The molecule has 0 radical (unpaired) electrons. The van der Waals surface area contributed by atoms with Crippen LogP contribution in [0.4, 0.5) is 0 Å². The number of ether oxygens (including phenoxy) is 3. The van der Waals surface area contributed by atoms with Gasteiger partial charge in [-0.15, -0.1) is 0 Å². The molecule has 0 N–H and O–H groups in total. The second-order valence-corrected chi connectivity index (χ2v) is 7.01. The van der Waals surface area contributed by atoms with E-state index in [9.17, 15) is 4.79 Å². The Kier molecular flexibility index (Phi) is 7.33. The van der Waals surface area contributed by atoms with E-state index < -0.39 is 0 Å². The molecule has 5 nitrogen and oxygen atoms in total. The van der Waals surface area contributed by atoms with Crippen LogP contribution in [0.1, 0.15) is 11.1 Å². The zero-order valence-corrected chi connectivity index (χ0v) is 18.3. The maximum atomic E-state index is 12.8. The average molecular weight is 418 g/mol. The first-order chi connectivity index (χ1) is 15.1. The molecule has 5 heteroatoms. The molecule has 0 spiro atoms. The van der Waals surface area contributed by atoms with Crippen molar-refractivity contribution in [2.45, 2.75) is 6.54 Å². The standard InChI is InChI=1S/C26H27NO4/c1-27(18-21-12-8-9-13-22(21)20-10-6-5-7-11-20)25(28)15-14-19-16-23(29-2)26(31-4)24(17-19)30-3/h5-17H,18H2,1-4H3. The molecular formula is C26H27NO4. The van der Waals surface area contributed by atoms with E-state index in [1.807, 2.05) is 30.3 Å². The molecule has 0 saturated heterocycles. The van der Waals surface area contributed by atoms with Gasteiger partial charge in [0.1, 0.15) is 0 Å². The number of likely N-dealkylation sites (N-methyl/N-ethyl adjacent to an activating group) is 1. The lowest BCUT2D eigenvalue weighted by Gasteiger charge is -2.18. The predicted octanol–water partition coefficient (Wildman–Crippen LogP) is 5.05. The van der Waals surface area contributed by atoms with Crippen LogP contribution < -0.4 is 14.2 Å². The number of hydrogen-bond donors (Lipinski definition) is 0. The third-order valence-electron chi connectivity index (χ3n) is 4.99. The number of methoxy groups -OCH3 is 3. The topological polar surface area (TPSA) is 48.0 Å². The number of rotatable bonds is 8. The Morgan fingerprint density at radius 1 is 0.871 bits per heavy atom. The molecule has 0 atom stereocenters. The van der Waals surface area contributed by atoms with Gasteiger partial charge in [-0.1, -0.05) is 54.6 Å². The lowest BCUT2D eigenvalue weighted by molar-refractivity contribution is -0.125. The molecule has 160 valence electrons. The van der Waals surface area contributed by atoms with Gasteiger partial charge in [0.05, 0.1) is 21.3 Å². The van der Waals surface area contributed by atoms with E-state index >= 15 is 0 Å². The van der Waals surface area contributed by atoms with Crippen molar-refractivity contribution < 1.29 is 19.0 Å². The first kappa shape index (κ1) is 22.0. The van der Waals surface area contributed by atoms with E-state index in [4.69, 9.17) is 14.2 Å². The van der Waals surface area contributed by atoms with Crippen LogP contribution in [0.2, 0.25) is 0 Å². The van der Waals surface area contributed by atoms with Gasteiger partial charge in [0.2, 0.25) is 11.7 Å². The largest absolute Gasteiger partial charge is 0.493 e. The highest BCUT2D eigenvalue weighted by Crippen LogP contribution is 2.38. The second-order valence-electron chi connectivity index (χ2n) is 7.01. The summed E-state index contributed by atoms with van der Waals surface area (Å²) in [4.78, 5) is 14.4. The molecule has 0 aliphatic rings. The quantitative estimate of drug-likeness (QED) is 0.481. The molecule has 0 aliphatic carbocycles. The molecule has 0 aliphatic heterocycles. The normalized spacial score (nSPS) is 10.7. The van der Waals surface area contributed by atoms with Crippen molar-refractivity contribution in [3.05, 3.63) is 83.9 Å². The minimum absolute atomic E-state index is 0.100. The van der Waals surface area contributed by atoms with Gasteiger partial charge in [0, 0.05) is 19.7 Å². The number of carbonyl (C=O) groups excluding carboxylic acids is 1. The number of hydrogen-bond acceptors (Lipinski definition) is 4. The van der Waals surface area contributed by atoms with Gasteiger partial charge in [-0.2, -0.15) is 0 Å². The Hall–Kier alpha value is -3.73. The van der Waals surface area contributed by atoms with Gasteiger partial charge in [-0.05, 0) is 40.5 Å². The molecule has 0 fully saturated rings. The first-order valence-corrected chi connectivity index (χ1v) is 9.94.